The normalized spacial score (nSPS) is 15.3. The van der Waals surface area contributed by atoms with E-state index in [2.05, 4.69) is 4.72 Å². The number of aliphatic hydroxyl groups is 1. The van der Waals surface area contributed by atoms with E-state index in [1.165, 1.54) is 33.3 Å². The zero-order valence-electron chi connectivity index (χ0n) is 15.2. The molecule has 2 N–H and O–H groups in total. The van der Waals surface area contributed by atoms with Crippen LogP contribution in [0.25, 0.3) is 0 Å². The molecule has 0 radical (unpaired) electrons. The number of ether oxygens (including phenoxy) is 4. The van der Waals surface area contributed by atoms with Gasteiger partial charge in [0.2, 0.25) is 16.8 Å². The van der Waals surface area contributed by atoms with E-state index in [-0.39, 0.29) is 24.0 Å². The average Bonchev–Trinajstić information content (AvgIpc) is 3.14. The van der Waals surface area contributed by atoms with Gasteiger partial charge in [0.15, 0.2) is 11.5 Å². The van der Waals surface area contributed by atoms with Crippen molar-refractivity contribution in [1.82, 2.24) is 4.72 Å². The van der Waals surface area contributed by atoms with E-state index in [0.717, 1.165) is 0 Å². The SMILES string of the molecule is COc1ccc(OC)c(S(=O)(=O)NC[C@@](C)(O)c2ccc3c(c2)OCO3)c1. The van der Waals surface area contributed by atoms with Crippen LogP contribution in [0.15, 0.2) is 41.3 Å². The summed E-state index contributed by atoms with van der Waals surface area (Å²) in [5.74, 6) is 1.63. The van der Waals surface area contributed by atoms with Gasteiger partial charge in [-0.05, 0) is 36.8 Å². The van der Waals surface area contributed by atoms with Crippen LogP contribution in [0.5, 0.6) is 23.0 Å². The van der Waals surface area contributed by atoms with Crippen molar-refractivity contribution in [3.8, 4) is 23.0 Å². The Balaban J connectivity index is 1.82. The molecule has 2 aromatic rings. The molecule has 0 fully saturated rings. The Hall–Kier alpha value is -2.49. The van der Waals surface area contributed by atoms with E-state index in [0.29, 0.717) is 22.8 Å². The highest BCUT2D eigenvalue weighted by Gasteiger charge is 2.29. The first-order valence-electron chi connectivity index (χ1n) is 8.11. The van der Waals surface area contributed by atoms with E-state index in [9.17, 15) is 13.5 Å². The van der Waals surface area contributed by atoms with Crippen molar-refractivity contribution in [2.45, 2.75) is 17.4 Å². The largest absolute Gasteiger partial charge is 0.497 e. The van der Waals surface area contributed by atoms with Crippen molar-refractivity contribution in [2.24, 2.45) is 0 Å². The molecule has 0 saturated carbocycles. The van der Waals surface area contributed by atoms with Crippen LogP contribution in [0.4, 0.5) is 0 Å². The van der Waals surface area contributed by atoms with Gasteiger partial charge in [0.25, 0.3) is 0 Å². The highest BCUT2D eigenvalue weighted by atomic mass is 32.2. The molecular formula is C18H21NO7S. The summed E-state index contributed by atoms with van der Waals surface area (Å²) in [5, 5.41) is 10.8. The third-order valence-corrected chi connectivity index (χ3v) is 5.68. The molecule has 9 heteroatoms. The Bertz CT molecular complexity index is 941. The van der Waals surface area contributed by atoms with Crippen LogP contribution in [-0.4, -0.2) is 41.1 Å². The van der Waals surface area contributed by atoms with Gasteiger partial charge in [-0.25, -0.2) is 13.1 Å². The van der Waals surface area contributed by atoms with Crippen LogP contribution in [0, 0.1) is 0 Å². The number of methoxy groups -OCH3 is 2. The van der Waals surface area contributed by atoms with E-state index >= 15 is 0 Å². The second-order valence-electron chi connectivity index (χ2n) is 6.18. The lowest BCUT2D eigenvalue weighted by molar-refractivity contribution is 0.0625. The lowest BCUT2D eigenvalue weighted by Crippen LogP contribution is -2.38. The first kappa shape index (κ1) is 19.3. The Morgan fingerprint density at radius 1 is 1.11 bits per heavy atom. The van der Waals surface area contributed by atoms with Crippen LogP contribution in [0.3, 0.4) is 0 Å². The molecule has 27 heavy (non-hydrogen) atoms. The van der Waals surface area contributed by atoms with Gasteiger partial charge in [-0.15, -0.1) is 0 Å². The fourth-order valence-electron chi connectivity index (χ4n) is 2.64. The lowest BCUT2D eigenvalue weighted by atomic mass is 9.96. The molecule has 1 aliphatic heterocycles. The third kappa shape index (κ3) is 3.95. The number of hydrogen-bond donors (Lipinski definition) is 2. The molecule has 0 unspecified atom stereocenters. The van der Waals surface area contributed by atoms with Crippen LogP contribution in [0.1, 0.15) is 12.5 Å². The maximum atomic E-state index is 12.7. The Morgan fingerprint density at radius 3 is 2.56 bits per heavy atom. The molecule has 3 rings (SSSR count). The van der Waals surface area contributed by atoms with E-state index in [1.54, 1.807) is 24.3 Å². The molecule has 1 aliphatic rings. The van der Waals surface area contributed by atoms with E-state index in [4.69, 9.17) is 18.9 Å². The van der Waals surface area contributed by atoms with E-state index < -0.39 is 15.6 Å². The molecule has 146 valence electrons. The molecule has 1 heterocycles. The zero-order valence-corrected chi connectivity index (χ0v) is 16.0. The number of benzene rings is 2. The third-order valence-electron chi connectivity index (χ3n) is 4.26. The van der Waals surface area contributed by atoms with Crippen LogP contribution in [-0.2, 0) is 15.6 Å². The van der Waals surface area contributed by atoms with Gasteiger partial charge < -0.3 is 24.1 Å². The number of fused-ring (bicyclic) bond motifs is 1. The summed E-state index contributed by atoms with van der Waals surface area (Å²) in [7, 11) is -1.14. The van der Waals surface area contributed by atoms with Gasteiger partial charge in [0.1, 0.15) is 22.0 Å². The lowest BCUT2D eigenvalue weighted by Gasteiger charge is -2.24. The molecule has 2 aromatic carbocycles. The smallest absolute Gasteiger partial charge is 0.244 e. The predicted molar refractivity (Wildman–Crippen MR) is 96.9 cm³/mol. The number of rotatable bonds is 7. The van der Waals surface area contributed by atoms with Gasteiger partial charge >= 0.3 is 0 Å². The fourth-order valence-corrected chi connectivity index (χ4v) is 3.96. The summed E-state index contributed by atoms with van der Waals surface area (Å²) >= 11 is 0. The number of sulfonamides is 1. The quantitative estimate of drug-likeness (QED) is 0.734. The maximum Gasteiger partial charge on any atom is 0.244 e. The van der Waals surface area contributed by atoms with Gasteiger partial charge in [-0.3, -0.25) is 0 Å². The van der Waals surface area contributed by atoms with Crippen molar-refractivity contribution < 1.29 is 32.5 Å². The summed E-state index contributed by atoms with van der Waals surface area (Å²) in [6.45, 7) is 1.37. The highest BCUT2D eigenvalue weighted by molar-refractivity contribution is 7.89. The summed E-state index contributed by atoms with van der Waals surface area (Å²) in [4.78, 5) is -0.0779. The molecule has 0 saturated heterocycles. The molecule has 0 amide bonds. The van der Waals surface area contributed by atoms with Crippen molar-refractivity contribution in [3.63, 3.8) is 0 Å². The first-order valence-corrected chi connectivity index (χ1v) is 9.59. The monoisotopic (exact) mass is 395 g/mol. The van der Waals surface area contributed by atoms with Crippen molar-refractivity contribution in [1.29, 1.82) is 0 Å². The van der Waals surface area contributed by atoms with Crippen LogP contribution >= 0.6 is 0 Å². The topological polar surface area (TPSA) is 103 Å². The van der Waals surface area contributed by atoms with E-state index in [1.807, 2.05) is 0 Å². The second kappa shape index (κ2) is 7.26. The van der Waals surface area contributed by atoms with Crippen LogP contribution < -0.4 is 23.7 Å². The number of hydrogen-bond acceptors (Lipinski definition) is 7. The summed E-state index contributed by atoms with van der Waals surface area (Å²) < 4.78 is 48.7. The summed E-state index contributed by atoms with van der Waals surface area (Å²) in [6, 6.07) is 9.42. The van der Waals surface area contributed by atoms with Gasteiger partial charge in [-0.1, -0.05) is 6.07 Å². The molecule has 0 spiro atoms. The Morgan fingerprint density at radius 2 is 1.85 bits per heavy atom. The zero-order chi connectivity index (χ0) is 19.7. The molecular weight excluding hydrogens is 374 g/mol. The second-order valence-corrected chi connectivity index (χ2v) is 7.92. The number of nitrogens with one attached hydrogen (secondary N) is 1. The highest BCUT2D eigenvalue weighted by Crippen LogP contribution is 2.36. The molecule has 8 nitrogen and oxygen atoms in total. The fraction of sp³-hybridized carbons (Fsp3) is 0.333. The molecule has 0 bridgehead atoms. The summed E-state index contributed by atoms with van der Waals surface area (Å²) in [5.41, 5.74) is -0.979. The van der Waals surface area contributed by atoms with Gasteiger partial charge in [-0.2, -0.15) is 0 Å². The maximum absolute atomic E-state index is 12.7. The Kier molecular flexibility index (Phi) is 5.18. The van der Waals surface area contributed by atoms with Gasteiger partial charge in [0, 0.05) is 12.6 Å². The first-order chi connectivity index (χ1) is 12.8. The van der Waals surface area contributed by atoms with Crippen molar-refractivity contribution in [3.05, 3.63) is 42.0 Å². The predicted octanol–water partition coefficient (Wildman–Crippen LogP) is 1.62. The average molecular weight is 395 g/mol. The molecule has 1 atom stereocenters. The van der Waals surface area contributed by atoms with Crippen molar-refractivity contribution in [2.75, 3.05) is 27.6 Å². The van der Waals surface area contributed by atoms with Gasteiger partial charge in [0.05, 0.1) is 14.2 Å². The minimum absolute atomic E-state index is 0.0779. The van der Waals surface area contributed by atoms with Crippen LogP contribution in [0.2, 0.25) is 0 Å². The summed E-state index contributed by atoms with van der Waals surface area (Å²) in [6.07, 6.45) is 0. The molecule has 0 aromatic heterocycles. The minimum Gasteiger partial charge on any atom is -0.497 e. The minimum atomic E-state index is -3.96. The Labute approximate surface area is 157 Å². The van der Waals surface area contributed by atoms with Crippen molar-refractivity contribution >= 4 is 10.0 Å². The standard InChI is InChI=1S/C18H21NO7S/c1-18(20,12-4-6-14-16(8-12)26-11-25-14)10-19-27(21,22)17-9-13(23-2)5-7-15(17)24-3/h4-9,19-20H,10-11H2,1-3H3/t18-/m1/s1. The molecule has 0 aliphatic carbocycles.